The Labute approximate surface area is 86.1 Å². The summed E-state index contributed by atoms with van der Waals surface area (Å²) in [5, 5.41) is 18.2. The van der Waals surface area contributed by atoms with Gasteiger partial charge in [0, 0.05) is 12.2 Å². The van der Waals surface area contributed by atoms with Crippen LogP contribution < -0.4 is 5.32 Å². The van der Waals surface area contributed by atoms with Crippen LogP contribution in [0.3, 0.4) is 0 Å². The van der Waals surface area contributed by atoms with Crippen LogP contribution in [0.15, 0.2) is 12.4 Å². The molecule has 1 unspecified atom stereocenters. The second kappa shape index (κ2) is 5.08. The van der Waals surface area contributed by atoms with E-state index in [4.69, 9.17) is 5.11 Å². The number of carbonyl (C=O) groups excluding carboxylic acids is 1. The molecule has 0 aliphatic carbocycles. The molecular weight excluding hydrogens is 200 g/mol. The summed E-state index contributed by atoms with van der Waals surface area (Å²) in [6.07, 6.45) is 2.93. The first kappa shape index (κ1) is 11.2. The smallest absolute Gasteiger partial charge is 0.305 e. The van der Waals surface area contributed by atoms with Gasteiger partial charge in [-0.2, -0.15) is 0 Å². The molecule has 1 heterocycles. The van der Waals surface area contributed by atoms with E-state index >= 15 is 0 Å². The highest BCUT2D eigenvalue weighted by atomic mass is 16.4. The van der Waals surface area contributed by atoms with Gasteiger partial charge in [-0.05, 0) is 6.92 Å². The maximum Gasteiger partial charge on any atom is 0.305 e. The van der Waals surface area contributed by atoms with Gasteiger partial charge in [-0.25, -0.2) is 4.68 Å². The molecule has 0 spiro atoms. The van der Waals surface area contributed by atoms with Crippen LogP contribution in [-0.4, -0.2) is 38.0 Å². The summed E-state index contributed by atoms with van der Waals surface area (Å²) < 4.78 is 1.36. The number of carboxylic acid groups (broad SMARTS) is 1. The molecule has 15 heavy (non-hydrogen) atoms. The summed E-state index contributed by atoms with van der Waals surface area (Å²) in [6.45, 7) is 1.68. The van der Waals surface area contributed by atoms with Crippen LogP contribution in [-0.2, 0) is 16.1 Å². The Balaban J connectivity index is 2.33. The molecule has 1 amide bonds. The van der Waals surface area contributed by atoms with Gasteiger partial charge in [-0.3, -0.25) is 9.59 Å². The Morgan fingerprint density at radius 1 is 1.60 bits per heavy atom. The summed E-state index contributed by atoms with van der Waals surface area (Å²) in [7, 11) is 0. The molecule has 7 heteroatoms. The van der Waals surface area contributed by atoms with Crippen molar-refractivity contribution in [2.75, 3.05) is 0 Å². The zero-order valence-electron chi connectivity index (χ0n) is 8.25. The first-order valence-electron chi connectivity index (χ1n) is 4.43. The molecule has 0 aliphatic heterocycles. The number of carboxylic acids is 1. The minimum absolute atomic E-state index is 0.0456. The minimum Gasteiger partial charge on any atom is -0.481 e. The van der Waals surface area contributed by atoms with E-state index in [1.165, 1.54) is 10.9 Å². The standard InChI is InChI=1S/C8H12N4O3/c1-6(4-8(14)15)10-7(13)5-12-3-2-9-11-12/h2-3,6H,4-5H2,1H3,(H,10,13)(H,14,15). The average Bonchev–Trinajstić information content (AvgIpc) is 2.53. The van der Waals surface area contributed by atoms with E-state index in [-0.39, 0.29) is 18.9 Å². The third kappa shape index (κ3) is 4.21. The minimum atomic E-state index is -0.941. The van der Waals surface area contributed by atoms with Gasteiger partial charge in [-0.15, -0.1) is 5.10 Å². The number of hydrogen-bond donors (Lipinski definition) is 2. The van der Waals surface area contributed by atoms with Crippen molar-refractivity contribution >= 4 is 11.9 Å². The highest BCUT2D eigenvalue weighted by Crippen LogP contribution is 1.91. The molecule has 0 saturated heterocycles. The molecule has 1 rings (SSSR count). The highest BCUT2D eigenvalue weighted by molar-refractivity contribution is 5.77. The zero-order chi connectivity index (χ0) is 11.3. The second-order valence-corrected chi connectivity index (χ2v) is 3.17. The van der Waals surface area contributed by atoms with Gasteiger partial charge in [-0.1, -0.05) is 5.21 Å². The molecule has 0 saturated carbocycles. The maximum absolute atomic E-state index is 11.3. The number of amides is 1. The Bertz CT molecular complexity index is 336. The van der Waals surface area contributed by atoms with Crippen LogP contribution in [0.25, 0.3) is 0 Å². The molecule has 82 valence electrons. The van der Waals surface area contributed by atoms with E-state index in [1.807, 2.05) is 0 Å². The Morgan fingerprint density at radius 2 is 2.33 bits per heavy atom. The average molecular weight is 212 g/mol. The largest absolute Gasteiger partial charge is 0.481 e. The van der Waals surface area contributed by atoms with Crippen LogP contribution in [0.2, 0.25) is 0 Å². The predicted molar refractivity (Wildman–Crippen MR) is 49.9 cm³/mol. The van der Waals surface area contributed by atoms with Gasteiger partial charge < -0.3 is 10.4 Å². The van der Waals surface area contributed by atoms with Crippen LogP contribution in [0.5, 0.6) is 0 Å². The number of nitrogens with one attached hydrogen (secondary N) is 1. The highest BCUT2D eigenvalue weighted by Gasteiger charge is 2.11. The number of carbonyl (C=O) groups is 2. The van der Waals surface area contributed by atoms with Gasteiger partial charge >= 0.3 is 5.97 Å². The zero-order valence-corrected chi connectivity index (χ0v) is 8.25. The number of hydrogen-bond acceptors (Lipinski definition) is 4. The van der Waals surface area contributed by atoms with Gasteiger partial charge in [0.25, 0.3) is 0 Å². The molecule has 0 aromatic carbocycles. The molecule has 1 atom stereocenters. The van der Waals surface area contributed by atoms with Gasteiger partial charge in [0.15, 0.2) is 0 Å². The van der Waals surface area contributed by atoms with Crippen LogP contribution in [0.1, 0.15) is 13.3 Å². The van der Waals surface area contributed by atoms with E-state index in [0.29, 0.717) is 0 Å². The van der Waals surface area contributed by atoms with Crippen molar-refractivity contribution in [1.29, 1.82) is 0 Å². The van der Waals surface area contributed by atoms with Crippen molar-refractivity contribution in [2.24, 2.45) is 0 Å². The maximum atomic E-state index is 11.3. The molecule has 0 aliphatic rings. The molecule has 0 fully saturated rings. The van der Waals surface area contributed by atoms with Gasteiger partial charge in [0.1, 0.15) is 6.54 Å². The fraction of sp³-hybridized carbons (Fsp3) is 0.500. The molecule has 0 radical (unpaired) electrons. The van der Waals surface area contributed by atoms with E-state index < -0.39 is 12.0 Å². The summed E-state index contributed by atoms with van der Waals surface area (Å²) in [6, 6.07) is -0.390. The molecule has 1 aromatic heterocycles. The number of rotatable bonds is 5. The molecule has 0 bridgehead atoms. The van der Waals surface area contributed by atoms with Crippen molar-refractivity contribution in [1.82, 2.24) is 20.3 Å². The summed E-state index contributed by atoms with van der Waals surface area (Å²) >= 11 is 0. The SMILES string of the molecule is CC(CC(=O)O)NC(=O)Cn1ccnn1. The quantitative estimate of drug-likeness (QED) is 0.669. The summed E-state index contributed by atoms with van der Waals surface area (Å²) in [4.78, 5) is 21.6. The van der Waals surface area contributed by atoms with Crippen LogP contribution in [0, 0.1) is 0 Å². The van der Waals surface area contributed by atoms with Crippen LogP contribution in [0.4, 0.5) is 0 Å². The summed E-state index contributed by atoms with van der Waals surface area (Å²) in [5.74, 6) is -1.22. The Morgan fingerprint density at radius 3 is 2.87 bits per heavy atom. The first-order chi connectivity index (χ1) is 7.08. The lowest BCUT2D eigenvalue weighted by molar-refractivity contribution is -0.137. The number of aliphatic carboxylic acids is 1. The normalized spacial score (nSPS) is 12.1. The molecular formula is C8H12N4O3. The first-order valence-corrected chi connectivity index (χ1v) is 4.43. The van der Waals surface area contributed by atoms with Crippen molar-refractivity contribution in [3.8, 4) is 0 Å². The van der Waals surface area contributed by atoms with Crippen molar-refractivity contribution in [3.05, 3.63) is 12.4 Å². The lowest BCUT2D eigenvalue weighted by Gasteiger charge is -2.10. The third-order valence-electron chi connectivity index (χ3n) is 1.67. The van der Waals surface area contributed by atoms with E-state index in [2.05, 4.69) is 15.6 Å². The number of nitrogens with zero attached hydrogens (tertiary/aromatic N) is 3. The topological polar surface area (TPSA) is 97.1 Å². The molecule has 7 nitrogen and oxygen atoms in total. The van der Waals surface area contributed by atoms with Crippen LogP contribution >= 0.6 is 0 Å². The van der Waals surface area contributed by atoms with Crippen molar-refractivity contribution in [3.63, 3.8) is 0 Å². The molecule has 2 N–H and O–H groups in total. The van der Waals surface area contributed by atoms with Gasteiger partial charge in [0.2, 0.25) is 5.91 Å². The Kier molecular flexibility index (Phi) is 3.78. The third-order valence-corrected chi connectivity index (χ3v) is 1.67. The summed E-state index contributed by atoms with van der Waals surface area (Å²) in [5.41, 5.74) is 0. The fourth-order valence-corrected chi connectivity index (χ4v) is 1.10. The monoisotopic (exact) mass is 212 g/mol. The van der Waals surface area contributed by atoms with Gasteiger partial charge in [0.05, 0.1) is 12.6 Å². The van der Waals surface area contributed by atoms with Crippen molar-refractivity contribution < 1.29 is 14.7 Å². The Hall–Kier alpha value is -1.92. The van der Waals surface area contributed by atoms with E-state index in [9.17, 15) is 9.59 Å². The lowest BCUT2D eigenvalue weighted by atomic mass is 10.2. The van der Waals surface area contributed by atoms with E-state index in [0.717, 1.165) is 0 Å². The number of aromatic nitrogens is 3. The predicted octanol–water partition coefficient (Wildman–Crippen LogP) is -0.743. The van der Waals surface area contributed by atoms with E-state index in [1.54, 1.807) is 13.1 Å². The fourth-order valence-electron chi connectivity index (χ4n) is 1.10. The molecule has 1 aromatic rings. The second-order valence-electron chi connectivity index (χ2n) is 3.17. The lowest BCUT2D eigenvalue weighted by Crippen LogP contribution is -2.36. The van der Waals surface area contributed by atoms with Crippen molar-refractivity contribution in [2.45, 2.75) is 25.9 Å².